The summed E-state index contributed by atoms with van der Waals surface area (Å²) in [4.78, 5) is 0. The van der Waals surface area contributed by atoms with Crippen molar-refractivity contribution < 1.29 is 9.50 Å². The number of benzene rings is 1. The van der Waals surface area contributed by atoms with Gasteiger partial charge in [0.15, 0.2) is 0 Å². The molecule has 2 unspecified atom stereocenters. The van der Waals surface area contributed by atoms with Gasteiger partial charge < -0.3 is 5.11 Å². The van der Waals surface area contributed by atoms with E-state index in [4.69, 9.17) is 11.6 Å². The molecule has 0 fully saturated rings. The molecule has 1 N–H and O–H groups in total. The second-order valence-electron chi connectivity index (χ2n) is 4.44. The molecule has 1 aromatic rings. The van der Waals surface area contributed by atoms with Crippen LogP contribution in [0.3, 0.4) is 0 Å². The van der Waals surface area contributed by atoms with Crippen LogP contribution in [0.4, 0.5) is 4.39 Å². The molecule has 0 bridgehead atoms. The lowest BCUT2D eigenvalue weighted by Gasteiger charge is -2.16. The van der Waals surface area contributed by atoms with Crippen molar-refractivity contribution in [3.63, 3.8) is 0 Å². The van der Waals surface area contributed by atoms with Gasteiger partial charge in [-0.1, -0.05) is 18.5 Å². The maximum atomic E-state index is 13.8. The summed E-state index contributed by atoms with van der Waals surface area (Å²) in [5, 5.41) is 10.5. The van der Waals surface area contributed by atoms with Crippen molar-refractivity contribution in [2.24, 2.45) is 5.92 Å². The van der Waals surface area contributed by atoms with Crippen LogP contribution in [0.1, 0.15) is 37.0 Å². The molecular formula is C12H13BrClFO. The average molecular weight is 308 g/mol. The summed E-state index contributed by atoms with van der Waals surface area (Å²) in [6.07, 6.45) is 1.51. The molecule has 1 aliphatic carbocycles. The van der Waals surface area contributed by atoms with Crippen LogP contribution in [0.25, 0.3) is 0 Å². The van der Waals surface area contributed by atoms with Crippen molar-refractivity contribution >= 4 is 27.5 Å². The predicted molar refractivity (Wildman–Crippen MR) is 66.2 cm³/mol. The first-order valence-electron chi connectivity index (χ1n) is 5.35. The number of fused-ring (bicyclic) bond motifs is 1. The van der Waals surface area contributed by atoms with Gasteiger partial charge in [-0.25, -0.2) is 4.39 Å². The molecule has 88 valence electrons. The zero-order valence-corrected chi connectivity index (χ0v) is 11.3. The predicted octanol–water partition coefficient (Wildman–Crippen LogP) is 4.25. The zero-order chi connectivity index (χ0) is 11.9. The zero-order valence-electron chi connectivity index (χ0n) is 8.93. The van der Waals surface area contributed by atoms with E-state index in [1.54, 1.807) is 0 Å². The Balaban J connectivity index is 2.59. The Morgan fingerprint density at radius 2 is 2.25 bits per heavy atom. The van der Waals surface area contributed by atoms with Crippen molar-refractivity contribution in [1.82, 2.24) is 0 Å². The average Bonchev–Trinajstić information content (AvgIpc) is 2.34. The summed E-state index contributed by atoms with van der Waals surface area (Å²) < 4.78 is 14.3. The van der Waals surface area contributed by atoms with Crippen LogP contribution < -0.4 is 0 Å². The fourth-order valence-corrected chi connectivity index (χ4v) is 2.97. The molecule has 0 aliphatic heterocycles. The van der Waals surface area contributed by atoms with Crippen LogP contribution in [0.5, 0.6) is 0 Å². The number of aliphatic hydroxyl groups excluding tert-OH is 1. The summed E-state index contributed by atoms with van der Waals surface area (Å²) in [7, 11) is 0. The summed E-state index contributed by atoms with van der Waals surface area (Å²) in [5.41, 5.74) is 1.14. The Bertz CT molecular complexity index is 422. The van der Waals surface area contributed by atoms with Gasteiger partial charge in [0.25, 0.3) is 0 Å². The number of aliphatic hydroxyl groups is 1. The maximum Gasteiger partial charge on any atom is 0.127 e. The summed E-state index contributed by atoms with van der Waals surface area (Å²) in [6, 6.07) is 1.38. The minimum atomic E-state index is -0.660. The SMILES string of the molecule is CC1CCc2c(F)cc(Br)c(Cl)c2C(O)C1. The highest BCUT2D eigenvalue weighted by atomic mass is 79.9. The molecular weight excluding hydrogens is 294 g/mol. The van der Waals surface area contributed by atoms with E-state index < -0.39 is 6.10 Å². The van der Waals surface area contributed by atoms with E-state index in [0.717, 1.165) is 6.42 Å². The van der Waals surface area contributed by atoms with Crippen LogP contribution in [0.15, 0.2) is 10.5 Å². The second-order valence-corrected chi connectivity index (χ2v) is 5.67. The molecule has 2 atom stereocenters. The molecule has 0 spiro atoms. The van der Waals surface area contributed by atoms with Crippen molar-refractivity contribution in [2.45, 2.75) is 32.3 Å². The van der Waals surface area contributed by atoms with E-state index in [9.17, 15) is 9.50 Å². The lowest BCUT2D eigenvalue weighted by atomic mass is 9.99. The van der Waals surface area contributed by atoms with Crippen molar-refractivity contribution in [3.05, 3.63) is 32.5 Å². The molecule has 1 aliphatic rings. The minimum absolute atomic E-state index is 0.278. The third-order valence-corrected chi connectivity index (χ3v) is 4.42. The molecule has 0 radical (unpaired) electrons. The molecule has 1 aromatic carbocycles. The molecule has 2 rings (SSSR count). The topological polar surface area (TPSA) is 20.2 Å². The third kappa shape index (κ3) is 2.13. The second kappa shape index (κ2) is 4.63. The van der Waals surface area contributed by atoms with E-state index in [0.29, 0.717) is 39.4 Å². The monoisotopic (exact) mass is 306 g/mol. The Labute approximate surface area is 108 Å². The highest BCUT2D eigenvalue weighted by Crippen LogP contribution is 2.40. The van der Waals surface area contributed by atoms with E-state index in [-0.39, 0.29) is 5.82 Å². The Hall–Kier alpha value is -0.120. The third-order valence-electron chi connectivity index (χ3n) is 3.16. The molecule has 1 nitrogen and oxygen atoms in total. The first-order chi connectivity index (χ1) is 7.50. The van der Waals surface area contributed by atoms with Crippen LogP contribution in [0.2, 0.25) is 5.02 Å². The minimum Gasteiger partial charge on any atom is -0.388 e. The van der Waals surface area contributed by atoms with Gasteiger partial charge in [-0.2, -0.15) is 0 Å². The molecule has 0 aromatic heterocycles. The van der Waals surface area contributed by atoms with Gasteiger partial charge in [-0.05, 0) is 52.7 Å². The largest absolute Gasteiger partial charge is 0.388 e. The number of halogens is 3. The van der Waals surface area contributed by atoms with Gasteiger partial charge in [0.2, 0.25) is 0 Å². The fraction of sp³-hybridized carbons (Fsp3) is 0.500. The van der Waals surface area contributed by atoms with Gasteiger partial charge in [0.1, 0.15) is 5.82 Å². The van der Waals surface area contributed by atoms with Crippen molar-refractivity contribution in [1.29, 1.82) is 0 Å². The molecule has 0 saturated heterocycles. The number of hydrogen-bond donors (Lipinski definition) is 1. The van der Waals surface area contributed by atoms with E-state index >= 15 is 0 Å². The fourth-order valence-electron chi connectivity index (χ4n) is 2.26. The highest BCUT2D eigenvalue weighted by molar-refractivity contribution is 9.10. The van der Waals surface area contributed by atoms with Crippen molar-refractivity contribution in [2.75, 3.05) is 0 Å². The Morgan fingerprint density at radius 3 is 2.94 bits per heavy atom. The van der Waals surface area contributed by atoms with E-state index in [1.165, 1.54) is 6.07 Å². The quantitative estimate of drug-likeness (QED) is 0.561. The molecule has 0 saturated carbocycles. The highest BCUT2D eigenvalue weighted by Gasteiger charge is 2.26. The summed E-state index contributed by atoms with van der Waals surface area (Å²) in [6.45, 7) is 2.07. The van der Waals surface area contributed by atoms with Crippen LogP contribution in [-0.2, 0) is 6.42 Å². The first kappa shape index (κ1) is 12.3. The van der Waals surface area contributed by atoms with E-state index in [2.05, 4.69) is 22.9 Å². The first-order valence-corrected chi connectivity index (χ1v) is 6.52. The lowest BCUT2D eigenvalue weighted by Crippen LogP contribution is -2.04. The van der Waals surface area contributed by atoms with Gasteiger partial charge >= 0.3 is 0 Å². The van der Waals surface area contributed by atoms with Gasteiger partial charge in [-0.15, -0.1) is 0 Å². The van der Waals surface area contributed by atoms with Crippen LogP contribution in [0, 0.1) is 11.7 Å². The summed E-state index contributed by atoms with van der Waals surface area (Å²) in [5.74, 6) is 0.107. The van der Waals surface area contributed by atoms with E-state index in [1.807, 2.05) is 0 Å². The number of hydrogen-bond acceptors (Lipinski definition) is 1. The summed E-state index contributed by atoms with van der Waals surface area (Å²) >= 11 is 9.33. The standard InChI is InChI=1S/C12H13BrClFO/c1-6-2-3-7-9(15)5-8(13)12(14)11(7)10(16)4-6/h5-6,10,16H,2-4H2,1H3. The van der Waals surface area contributed by atoms with Gasteiger partial charge in [0.05, 0.1) is 11.1 Å². The lowest BCUT2D eigenvalue weighted by molar-refractivity contribution is 0.150. The van der Waals surface area contributed by atoms with Gasteiger partial charge in [-0.3, -0.25) is 0 Å². The molecule has 4 heteroatoms. The maximum absolute atomic E-state index is 13.8. The molecule has 16 heavy (non-hydrogen) atoms. The van der Waals surface area contributed by atoms with Crippen molar-refractivity contribution in [3.8, 4) is 0 Å². The molecule has 0 heterocycles. The normalized spacial score (nSPS) is 25.1. The molecule has 0 amide bonds. The Morgan fingerprint density at radius 1 is 1.56 bits per heavy atom. The van der Waals surface area contributed by atoms with Crippen LogP contribution in [-0.4, -0.2) is 5.11 Å². The van der Waals surface area contributed by atoms with Gasteiger partial charge in [0, 0.05) is 10.0 Å². The Kier molecular flexibility index (Phi) is 3.57. The van der Waals surface area contributed by atoms with Crippen LogP contribution >= 0.6 is 27.5 Å². The number of rotatable bonds is 0. The smallest absolute Gasteiger partial charge is 0.127 e.